The van der Waals surface area contributed by atoms with Gasteiger partial charge in [0.1, 0.15) is 34.7 Å². The molecule has 0 amide bonds. The Balaban J connectivity index is 1.27. The Kier molecular flexibility index (Phi) is 8.28. The van der Waals surface area contributed by atoms with Gasteiger partial charge in [-0.3, -0.25) is 0 Å². The Hall–Kier alpha value is -3.07. The summed E-state index contributed by atoms with van der Waals surface area (Å²) in [5, 5.41) is 8.74. The second kappa shape index (κ2) is 11.6. The number of nitriles is 1. The van der Waals surface area contributed by atoms with Gasteiger partial charge in [-0.05, 0) is 86.7 Å². The maximum Gasteiger partial charge on any atom is 0.362 e. The van der Waals surface area contributed by atoms with Gasteiger partial charge in [0.2, 0.25) is 0 Å². The zero-order chi connectivity index (χ0) is 24.8. The van der Waals surface area contributed by atoms with Crippen molar-refractivity contribution in [1.82, 2.24) is 4.98 Å². The fourth-order valence-corrected chi connectivity index (χ4v) is 5.39. The highest BCUT2D eigenvalue weighted by molar-refractivity contribution is 5.89. The number of rotatable bonds is 6. The van der Waals surface area contributed by atoms with Crippen LogP contribution in [0.5, 0.6) is 5.75 Å². The molecule has 35 heavy (non-hydrogen) atoms. The molecule has 2 aromatic rings. The summed E-state index contributed by atoms with van der Waals surface area (Å²) in [5.41, 5.74) is 0.447. The van der Waals surface area contributed by atoms with Crippen molar-refractivity contribution in [3.8, 4) is 11.8 Å². The third kappa shape index (κ3) is 6.33. The van der Waals surface area contributed by atoms with Gasteiger partial charge in [-0.15, -0.1) is 0 Å². The fourth-order valence-electron chi connectivity index (χ4n) is 5.39. The topological polar surface area (TPSA) is 63.0 Å². The molecule has 0 spiro atoms. The lowest BCUT2D eigenvalue weighted by Gasteiger charge is -2.28. The molecule has 1 aromatic carbocycles. The minimum atomic E-state index is -1.08. The van der Waals surface area contributed by atoms with Gasteiger partial charge in [-0.25, -0.2) is 18.6 Å². The lowest BCUT2D eigenvalue weighted by Crippen LogP contribution is -2.15. The van der Waals surface area contributed by atoms with Gasteiger partial charge in [0.05, 0.1) is 0 Å². The SMILES string of the molecule is CCC1CCC(C=CC2CCC(c3ccc(C(=O)Oc4cc(F)c(C#N)c(F)c4)nc3)CC2)CC1. The van der Waals surface area contributed by atoms with E-state index in [-0.39, 0.29) is 11.4 Å². The van der Waals surface area contributed by atoms with Crippen LogP contribution in [0.25, 0.3) is 0 Å². The summed E-state index contributed by atoms with van der Waals surface area (Å²) in [7, 11) is 0. The summed E-state index contributed by atoms with van der Waals surface area (Å²) in [6.07, 6.45) is 17.9. The quantitative estimate of drug-likeness (QED) is 0.245. The number of allylic oxidation sites excluding steroid dienone is 2. The van der Waals surface area contributed by atoms with E-state index in [1.54, 1.807) is 12.3 Å². The van der Waals surface area contributed by atoms with Crippen LogP contribution in [0.3, 0.4) is 0 Å². The molecule has 0 N–H and O–H groups in total. The van der Waals surface area contributed by atoms with Gasteiger partial charge in [0.15, 0.2) is 0 Å². The molecule has 0 saturated heterocycles. The number of ether oxygens (including phenoxy) is 1. The minimum Gasteiger partial charge on any atom is -0.422 e. The third-order valence-electron chi connectivity index (χ3n) is 7.70. The molecule has 1 heterocycles. The predicted molar refractivity (Wildman–Crippen MR) is 130 cm³/mol. The molecule has 4 nitrogen and oxygen atoms in total. The first-order chi connectivity index (χ1) is 17.0. The smallest absolute Gasteiger partial charge is 0.362 e. The number of halogens is 2. The lowest BCUT2D eigenvalue weighted by atomic mass is 9.77. The van der Waals surface area contributed by atoms with Crippen LogP contribution in [-0.2, 0) is 0 Å². The molecule has 0 radical (unpaired) electrons. The number of nitrogens with zero attached hydrogens (tertiary/aromatic N) is 2. The van der Waals surface area contributed by atoms with E-state index in [9.17, 15) is 13.6 Å². The van der Waals surface area contributed by atoms with Crippen molar-refractivity contribution in [2.24, 2.45) is 17.8 Å². The molecular weight excluding hydrogens is 446 g/mol. The Morgan fingerprint density at radius 3 is 2.14 bits per heavy atom. The second-order valence-electron chi connectivity index (χ2n) is 9.93. The first-order valence-electron chi connectivity index (χ1n) is 12.7. The summed E-state index contributed by atoms with van der Waals surface area (Å²) in [6, 6.07) is 6.54. The first kappa shape index (κ1) is 25.0. The van der Waals surface area contributed by atoms with Crippen LogP contribution in [0.4, 0.5) is 8.78 Å². The Morgan fingerprint density at radius 2 is 1.63 bits per heavy atom. The van der Waals surface area contributed by atoms with Crippen LogP contribution in [0.2, 0.25) is 0 Å². The number of hydrogen-bond donors (Lipinski definition) is 0. The largest absolute Gasteiger partial charge is 0.422 e. The van der Waals surface area contributed by atoms with E-state index >= 15 is 0 Å². The second-order valence-corrected chi connectivity index (χ2v) is 9.93. The molecule has 184 valence electrons. The normalized spacial score (nSPS) is 24.7. The van der Waals surface area contributed by atoms with E-state index < -0.39 is 23.2 Å². The fraction of sp³-hybridized carbons (Fsp3) is 0.483. The Bertz CT molecular complexity index is 1070. The highest BCUT2D eigenvalue weighted by atomic mass is 19.1. The summed E-state index contributed by atoms with van der Waals surface area (Å²) < 4.78 is 32.5. The Morgan fingerprint density at radius 1 is 1.03 bits per heavy atom. The lowest BCUT2D eigenvalue weighted by molar-refractivity contribution is 0.0727. The van der Waals surface area contributed by atoms with Gasteiger partial charge in [0.25, 0.3) is 0 Å². The molecule has 0 atom stereocenters. The standard InChI is InChI=1S/C29H32F2N2O2/c1-2-19-3-5-20(6-4-19)7-8-21-9-11-22(12-10-21)23-13-14-28(33-18-23)29(34)35-24-15-26(30)25(17-32)27(31)16-24/h7-8,13-16,18-22H,2-6,9-12H2,1H3. The molecule has 0 aliphatic heterocycles. The predicted octanol–water partition coefficient (Wildman–Crippen LogP) is 7.50. The number of pyridine rings is 1. The van der Waals surface area contributed by atoms with E-state index in [2.05, 4.69) is 24.1 Å². The molecule has 0 bridgehead atoms. The highest BCUT2D eigenvalue weighted by Crippen LogP contribution is 2.37. The zero-order valence-electron chi connectivity index (χ0n) is 20.2. The molecule has 4 rings (SSSR count). The van der Waals surface area contributed by atoms with Gasteiger partial charge in [0, 0.05) is 18.3 Å². The number of benzene rings is 1. The summed E-state index contributed by atoms with van der Waals surface area (Å²) in [4.78, 5) is 16.6. The molecule has 1 aromatic heterocycles. The van der Waals surface area contributed by atoms with Gasteiger partial charge >= 0.3 is 5.97 Å². The van der Waals surface area contributed by atoms with Crippen LogP contribution in [-0.4, -0.2) is 11.0 Å². The number of hydrogen-bond acceptors (Lipinski definition) is 4. The monoisotopic (exact) mass is 478 g/mol. The first-order valence-corrected chi connectivity index (χ1v) is 12.7. The summed E-state index contributed by atoms with van der Waals surface area (Å²) >= 11 is 0. The maximum absolute atomic E-state index is 13.7. The van der Waals surface area contributed by atoms with Crippen LogP contribution >= 0.6 is 0 Å². The number of carbonyl (C=O) groups is 1. The van der Waals surface area contributed by atoms with Crippen molar-refractivity contribution in [2.75, 3.05) is 0 Å². The molecule has 2 aliphatic carbocycles. The van der Waals surface area contributed by atoms with E-state index in [1.807, 2.05) is 6.07 Å². The van der Waals surface area contributed by atoms with Crippen molar-refractivity contribution < 1.29 is 18.3 Å². The molecule has 6 heteroatoms. The van der Waals surface area contributed by atoms with Crippen molar-refractivity contribution in [3.05, 3.63) is 71.1 Å². The molecule has 0 unspecified atom stereocenters. The number of esters is 1. The van der Waals surface area contributed by atoms with E-state index in [0.29, 0.717) is 11.8 Å². The van der Waals surface area contributed by atoms with Crippen molar-refractivity contribution >= 4 is 5.97 Å². The van der Waals surface area contributed by atoms with E-state index in [4.69, 9.17) is 10.00 Å². The third-order valence-corrected chi connectivity index (χ3v) is 7.70. The average molecular weight is 479 g/mol. The van der Waals surface area contributed by atoms with E-state index in [0.717, 1.165) is 55.2 Å². The van der Waals surface area contributed by atoms with E-state index in [1.165, 1.54) is 38.2 Å². The van der Waals surface area contributed by atoms with Crippen LogP contribution < -0.4 is 4.74 Å². The summed E-state index contributed by atoms with van der Waals surface area (Å²) in [6.45, 7) is 2.30. The van der Waals surface area contributed by atoms with Crippen molar-refractivity contribution in [1.29, 1.82) is 5.26 Å². The van der Waals surface area contributed by atoms with Gasteiger partial charge in [-0.1, -0.05) is 31.6 Å². The summed E-state index contributed by atoms with van der Waals surface area (Å²) in [5.74, 6) is -0.518. The van der Waals surface area contributed by atoms with Crippen LogP contribution in [0.1, 0.15) is 92.2 Å². The molecule has 2 saturated carbocycles. The average Bonchev–Trinajstić information content (AvgIpc) is 2.88. The number of aromatic nitrogens is 1. The Labute approximate surface area is 206 Å². The molecule has 2 aliphatic rings. The zero-order valence-corrected chi connectivity index (χ0v) is 20.2. The highest BCUT2D eigenvalue weighted by Gasteiger charge is 2.23. The maximum atomic E-state index is 13.7. The number of carbonyl (C=O) groups excluding carboxylic acids is 1. The van der Waals surface area contributed by atoms with Crippen LogP contribution in [0.15, 0.2) is 42.6 Å². The van der Waals surface area contributed by atoms with Crippen molar-refractivity contribution in [3.63, 3.8) is 0 Å². The minimum absolute atomic E-state index is 0.0633. The molecular formula is C29H32F2N2O2. The molecule has 2 fully saturated rings. The van der Waals surface area contributed by atoms with Gasteiger partial charge in [-0.2, -0.15) is 5.26 Å². The van der Waals surface area contributed by atoms with Gasteiger partial charge < -0.3 is 4.74 Å². The van der Waals surface area contributed by atoms with Crippen LogP contribution in [0, 0.1) is 40.7 Å². The van der Waals surface area contributed by atoms with Crippen molar-refractivity contribution in [2.45, 2.75) is 70.6 Å².